The number of thioether (sulfide) groups is 1. The van der Waals surface area contributed by atoms with Crippen LogP contribution in [0.5, 0.6) is 0 Å². The Hall–Kier alpha value is -2.06. The summed E-state index contributed by atoms with van der Waals surface area (Å²) >= 11 is 14.1. The van der Waals surface area contributed by atoms with Crippen LogP contribution in [0.3, 0.4) is 0 Å². The Morgan fingerprint density at radius 3 is 2.56 bits per heavy atom. The van der Waals surface area contributed by atoms with Crippen molar-refractivity contribution in [1.82, 2.24) is 20.4 Å². The number of piperidine rings is 1. The van der Waals surface area contributed by atoms with E-state index in [0.29, 0.717) is 34.8 Å². The maximum absolute atomic E-state index is 12.6. The molecule has 1 amide bonds. The summed E-state index contributed by atoms with van der Waals surface area (Å²) in [5.74, 6) is 2.94. The first-order chi connectivity index (χ1) is 16.5. The Morgan fingerprint density at radius 2 is 1.85 bits per heavy atom. The van der Waals surface area contributed by atoms with E-state index in [1.54, 1.807) is 11.8 Å². The molecule has 1 N–H and O–H groups in total. The second kappa shape index (κ2) is 12.1. The normalized spacial score (nSPS) is 14.9. The van der Waals surface area contributed by atoms with Crippen LogP contribution < -0.4 is 5.32 Å². The van der Waals surface area contributed by atoms with Gasteiger partial charge in [-0.2, -0.15) is 16.7 Å². The van der Waals surface area contributed by atoms with Crippen molar-refractivity contribution in [3.8, 4) is 11.4 Å². The summed E-state index contributed by atoms with van der Waals surface area (Å²) in [6, 6.07) is 13.6. The van der Waals surface area contributed by atoms with Crippen molar-refractivity contribution in [2.75, 3.05) is 25.4 Å². The SMILES string of the molecule is Cc1ccc(-c2noc(CN3CCC(C(=O)NCCSCc4c(Cl)cccc4Cl)CC3)n2)cc1. The van der Waals surface area contributed by atoms with Gasteiger partial charge in [0.15, 0.2) is 0 Å². The van der Waals surface area contributed by atoms with Gasteiger partial charge in [0.1, 0.15) is 0 Å². The molecule has 0 bridgehead atoms. The summed E-state index contributed by atoms with van der Waals surface area (Å²) in [5, 5.41) is 8.55. The second-order valence-corrected chi connectivity index (χ2v) is 10.4. The lowest BCUT2D eigenvalue weighted by atomic mass is 9.96. The molecule has 0 unspecified atom stereocenters. The first kappa shape index (κ1) is 25.0. The van der Waals surface area contributed by atoms with Gasteiger partial charge in [0, 0.05) is 39.6 Å². The molecular weight excluding hydrogens is 491 g/mol. The summed E-state index contributed by atoms with van der Waals surface area (Å²) in [4.78, 5) is 19.4. The predicted molar refractivity (Wildman–Crippen MR) is 138 cm³/mol. The summed E-state index contributed by atoms with van der Waals surface area (Å²) in [7, 11) is 0. The number of benzene rings is 2. The third-order valence-corrected chi connectivity index (χ3v) is 7.64. The lowest BCUT2D eigenvalue weighted by Crippen LogP contribution is -2.40. The molecule has 0 aliphatic carbocycles. The topological polar surface area (TPSA) is 71.3 Å². The van der Waals surface area contributed by atoms with E-state index in [0.717, 1.165) is 48.6 Å². The third-order valence-electron chi connectivity index (χ3n) is 5.95. The van der Waals surface area contributed by atoms with E-state index in [4.69, 9.17) is 27.7 Å². The average Bonchev–Trinajstić information content (AvgIpc) is 3.30. The molecule has 1 fully saturated rings. The van der Waals surface area contributed by atoms with Crippen LogP contribution in [0, 0.1) is 12.8 Å². The summed E-state index contributed by atoms with van der Waals surface area (Å²) < 4.78 is 5.45. The summed E-state index contributed by atoms with van der Waals surface area (Å²) in [5.41, 5.74) is 3.09. The van der Waals surface area contributed by atoms with Crippen molar-refractivity contribution < 1.29 is 9.32 Å². The molecule has 34 heavy (non-hydrogen) atoms. The minimum atomic E-state index is 0.0464. The Bertz CT molecular complexity index is 1080. The largest absolute Gasteiger partial charge is 0.355 e. The van der Waals surface area contributed by atoms with Crippen LogP contribution in [0.1, 0.15) is 29.9 Å². The fourth-order valence-corrected chi connectivity index (χ4v) is 5.51. The molecule has 1 aliphatic rings. The van der Waals surface area contributed by atoms with Gasteiger partial charge in [-0.05, 0) is 50.6 Å². The highest BCUT2D eigenvalue weighted by Crippen LogP contribution is 2.28. The molecule has 0 spiro atoms. The van der Waals surface area contributed by atoms with Gasteiger partial charge in [-0.3, -0.25) is 9.69 Å². The van der Waals surface area contributed by atoms with E-state index < -0.39 is 0 Å². The van der Waals surface area contributed by atoms with Crippen LogP contribution in [0.4, 0.5) is 0 Å². The van der Waals surface area contributed by atoms with Gasteiger partial charge in [-0.15, -0.1) is 0 Å². The lowest BCUT2D eigenvalue weighted by molar-refractivity contribution is -0.126. The summed E-state index contributed by atoms with van der Waals surface area (Å²) in [6.45, 7) is 4.96. The van der Waals surface area contributed by atoms with Gasteiger partial charge in [0.05, 0.1) is 6.54 Å². The van der Waals surface area contributed by atoms with E-state index in [1.807, 2.05) is 49.4 Å². The number of carbonyl (C=O) groups is 1. The number of aryl methyl sites for hydroxylation is 1. The maximum atomic E-state index is 12.6. The van der Waals surface area contributed by atoms with Crippen molar-refractivity contribution in [3.63, 3.8) is 0 Å². The molecule has 2 heterocycles. The monoisotopic (exact) mass is 518 g/mol. The van der Waals surface area contributed by atoms with Gasteiger partial charge >= 0.3 is 0 Å². The molecule has 4 rings (SSSR count). The molecule has 1 aromatic heterocycles. The quantitative estimate of drug-likeness (QED) is 0.371. The molecule has 1 aliphatic heterocycles. The molecule has 180 valence electrons. The van der Waals surface area contributed by atoms with Crippen LogP contribution >= 0.6 is 35.0 Å². The molecule has 0 atom stereocenters. The lowest BCUT2D eigenvalue weighted by Gasteiger charge is -2.30. The number of hydrogen-bond donors (Lipinski definition) is 1. The van der Waals surface area contributed by atoms with E-state index in [2.05, 4.69) is 20.4 Å². The van der Waals surface area contributed by atoms with E-state index >= 15 is 0 Å². The van der Waals surface area contributed by atoms with Crippen LogP contribution in [0.15, 0.2) is 47.0 Å². The van der Waals surface area contributed by atoms with Crippen molar-refractivity contribution >= 4 is 40.9 Å². The van der Waals surface area contributed by atoms with Crippen molar-refractivity contribution in [1.29, 1.82) is 0 Å². The number of aromatic nitrogens is 2. The van der Waals surface area contributed by atoms with Gasteiger partial charge in [-0.25, -0.2) is 0 Å². The number of nitrogens with zero attached hydrogens (tertiary/aromatic N) is 3. The molecule has 6 nitrogen and oxygen atoms in total. The predicted octanol–water partition coefficient (Wildman–Crippen LogP) is 5.61. The zero-order valence-corrected chi connectivity index (χ0v) is 21.4. The Kier molecular flexibility index (Phi) is 8.89. The molecule has 0 saturated carbocycles. The van der Waals surface area contributed by atoms with E-state index in [9.17, 15) is 4.79 Å². The minimum absolute atomic E-state index is 0.0464. The molecule has 3 aromatic rings. The zero-order chi connectivity index (χ0) is 23.9. The number of amides is 1. The van der Waals surface area contributed by atoms with Crippen LogP contribution in [0.25, 0.3) is 11.4 Å². The molecular formula is C25H28Cl2N4O2S. The van der Waals surface area contributed by atoms with Crippen LogP contribution in [-0.2, 0) is 17.1 Å². The van der Waals surface area contributed by atoms with E-state index in [1.165, 1.54) is 5.56 Å². The fraction of sp³-hybridized carbons (Fsp3) is 0.400. The average molecular weight is 519 g/mol. The van der Waals surface area contributed by atoms with Gasteiger partial charge in [0.25, 0.3) is 0 Å². The standard InChI is InChI=1S/C25H28Cl2N4O2S/c1-17-5-7-18(8-6-17)24-29-23(33-30-24)15-31-12-9-19(10-13-31)25(32)28-11-14-34-16-20-21(26)3-2-4-22(20)27/h2-8,19H,9-16H2,1H3,(H,28,32). The third kappa shape index (κ3) is 6.75. The van der Waals surface area contributed by atoms with Gasteiger partial charge in [0.2, 0.25) is 17.6 Å². The van der Waals surface area contributed by atoms with Crippen molar-refractivity contribution in [3.05, 3.63) is 69.5 Å². The van der Waals surface area contributed by atoms with Gasteiger partial charge in [-0.1, -0.05) is 64.3 Å². The summed E-state index contributed by atoms with van der Waals surface area (Å²) in [6.07, 6.45) is 1.65. The zero-order valence-electron chi connectivity index (χ0n) is 19.1. The Balaban J connectivity index is 1.15. The Morgan fingerprint density at radius 1 is 1.15 bits per heavy atom. The maximum Gasteiger partial charge on any atom is 0.241 e. The number of rotatable bonds is 9. The Labute approximate surface area is 214 Å². The van der Waals surface area contributed by atoms with Gasteiger partial charge < -0.3 is 9.84 Å². The molecule has 2 aromatic carbocycles. The number of hydrogen-bond acceptors (Lipinski definition) is 6. The smallest absolute Gasteiger partial charge is 0.241 e. The number of nitrogens with one attached hydrogen (secondary N) is 1. The highest BCUT2D eigenvalue weighted by molar-refractivity contribution is 7.98. The first-order valence-electron chi connectivity index (χ1n) is 11.4. The number of likely N-dealkylation sites (tertiary alicyclic amines) is 1. The second-order valence-electron chi connectivity index (χ2n) is 8.47. The highest BCUT2D eigenvalue weighted by Gasteiger charge is 2.25. The molecule has 0 radical (unpaired) electrons. The van der Waals surface area contributed by atoms with Crippen molar-refractivity contribution in [2.45, 2.75) is 32.1 Å². The highest BCUT2D eigenvalue weighted by atomic mass is 35.5. The number of halogens is 2. The molecule has 9 heteroatoms. The molecule has 1 saturated heterocycles. The van der Waals surface area contributed by atoms with Crippen molar-refractivity contribution in [2.24, 2.45) is 5.92 Å². The first-order valence-corrected chi connectivity index (χ1v) is 13.3. The van der Waals surface area contributed by atoms with Crippen LogP contribution in [-0.4, -0.2) is 46.3 Å². The fourth-order valence-electron chi connectivity index (χ4n) is 3.92. The van der Waals surface area contributed by atoms with Crippen LogP contribution in [0.2, 0.25) is 10.0 Å². The number of carbonyl (C=O) groups excluding carboxylic acids is 1. The van der Waals surface area contributed by atoms with E-state index in [-0.39, 0.29) is 11.8 Å². The minimum Gasteiger partial charge on any atom is -0.355 e.